The van der Waals surface area contributed by atoms with Crippen LogP contribution in [-0.2, 0) is 0 Å². The van der Waals surface area contributed by atoms with Gasteiger partial charge in [-0.3, -0.25) is 0 Å². The first-order valence-corrected chi connectivity index (χ1v) is 8.90. The number of ether oxygens (including phenoxy) is 3. The molecule has 0 amide bonds. The van der Waals surface area contributed by atoms with Crippen LogP contribution in [0.4, 0.5) is 5.69 Å². The van der Waals surface area contributed by atoms with E-state index < -0.39 is 0 Å². The molecular formula is C24H19NO3. The lowest BCUT2D eigenvalue weighted by atomic mass is 10.3. The van der Waals surface area contributed by atoms with E-state index in [1.807, 2.05) is 97.1 Å². The highest BCUT2D eigenvalue weighted by molar-refractivity contribution is 5.54. The van der Waals surface area contributed by atoms with Crippen LogP contribution in [0.25, 0.3) is 0 Å². The Morgan fingerprint density at radius 1 is 0.393 bits per heavy atom. The highest BCUT2D eigenvalue weighted by Crippen LogP contribution is 2.35. The zero-order valence-corrected chi connectivity index (χ0v) is 15.1. The predicted molar refractivity (Wildman–Crippen MR) is 110 cm³/mol. The largest absolute Gasteiger partial charge is 0.455 e. The van der Waals surface area contributed by atoms with Gasteiger partial charge in [0, 0.05) is 0 Å². The molecule has 0 atom stereocenters. The molecule has 0 aliphatic rings. The molecule has 4 nitrogen and oxygen atoms in total. The van der Waals surface area contributed by atoms with Crippen molar-refractivity contribution in [1.82, 2.24) is 0 Å². The molecular weight excluding hydrogens is 350 g/mol. The molecule has 0 fully saturated rings. The van der Waals surface area contributed by atoms with Gasteiger partial charge >= 0.3 is 0 Å². The third-order valence-corrected chi connectivity index (χ3v) is 4.02. The van der Waals surface area contributed by atoms with Crippen molar-refractivity contribution in [3.8, 4) is 34.5 Å². The van der Waals surface area contributed by atoms with Crippen LogP contribution in [0.2, 0.25) is 0 Å². The van der Waals surface area contributed by atoms with Gasteiger partial charge < -0.3 is 19.9 Å². The molecule has 0 aliphatic heterocycles. The lowest BCUT2D eigenvalue weighted by Gasteiger charge is -2.13. The van der Waals surface area contributed by atoms with E-state index in [2.05, 4.69) is 0 Å². The Morgan fingerprint density at radius 3 is 1.32 bits per heavy atom. The van der Waals surface area contributed by atoms with Gasteiger partial charge in [-0.25, -0.2) is 0 Å². The zero-order chi connectivity index (χ0) is 19.2. The summed E-state index contributed by atoms with van der Waals surface area (Å²) in [5, 5.41) is 0. The molecule has 2 N–H and O–H groups in total. The molecule has 0 radical (unpaired) electrons. The summed E-state index contributed by atoms with van der Waals surface area (Å²) in [6.07, 6.45) is 0. The van der Waals surface area contributed by atoms with Crippen molar-refractivity contribution in [3.05, 3.63) is 103 Å². The first-order valence-electron chi connectivity index (χ1n) is 8.90. The number of anilines is 1. The first kappa shape index (κ1) is 17.5. The van der Waals surface area contributed by atoms with Gasteiger partial charge in [0.1, 0.15) is 23.0 Å². The second kappa shape index (κ2) is 8.18. The Balaban J connectivity index is 1.48. The number of para-hydroxylation sites is 5. The molecule has 0 bridgehead atoms. The van der Waals surface area contributed by atoms with E-state index in [0.717, 1.165) is 5.75 Å². The molecule has 4 aromatic carbocycles. The quantitative estimate of drug-likeness (QED) is 0.387. The van der Waals surface area contributed by atoms with Crippen molar-refractivity contribution in [2.45, 2.75) is 0 Å². The Hall–Kier alpha value is -3.92. The Kier molecular flexibility index (Phi) is 5.11. The van der Waals surface area contributed by atoms with Gasteiger partial charge in [-0.2, -0.15) is 0 Å². The summed E-state index contributed by atoms with van der Waals surface area (Å²) in [4.78, 5) is 0. The Labute approximate surface area is 163 Å². The molecule has 0 unspecified atom stereocenters. The SMILES string of the molecule is Nc1ccccc1Oc1ccc(Oc2ccccc2Oc2ccccc2)cc1. The number of rotatable bonds is 6. The van der Waals surface area contributed by atoms with E-state index in [0.29, 0.717) is 34.4 Å². The number of hydrogen-bond acceptors (Lipinski definition) is 4. The molecule has 28 heavy (non-hydrogen) atoms. The molecule has 138 valence electrons. The number of benzene rings is 4. The van der Waals surface area contributed by atoms with E-state index in [1.165, 1.54) is 0 Å². The monoisotopic (exact) mass is 369 g/mol. The molecule has 4 rings (SSSR count). The summed E-state index contributed by atoms with van der Waals surface area (Å²) in [7, 11) is 0. The van der Waals surface area contributed by atoms with Crippen molar-refractivity contribution in [2.24, 2.45) is 0 Å². The summed E-state index contributed by atoms with van der Waals surface area (Å²) in [5.41, 5.74) is 6.51. The van der Waals surface area contributed by atoms with Crippen molar-refractivity contribution in [2.75, 3.05) is 5.73 Å². The summed E-state index contributed by atoms with van der Waals surface area (Å²) in [5.74, 6) is 4.01. The number of nitrogen functional groups attached to an aromatic ring is 1. The van der Waals surface area contributed by atoms with Crippen LogP contribution in [-0.4, -0.2) is 0 Å². The summed E-state index contributed by atoms with van der Waals surface area (Å²) >= 11 is 0. The molecule has 0 heterocycles. The van der Waals surface area contributed by atoms with Gasteiger partial charge in [-0.05, 0) is 60.7 Å². The van der Waals surface area contributed by atoms with Gasteiger partial charge in [0.05, 0.1) is 5.69 Å². The lowest BCUT2D eigenvalue weighted by Crippen LogP contribution is -1.92. The fourth-order valence-electron chi connectivity index (χ4n) is 2.64. The normalized spacial score (nSPS) is 10.3. The maximum Gasteiger partial charge on any atom is 0.169 e. The van der Waals surface area contributed by atoms with Crippen LogP contribution in [0.1, 0.15) is 0 Å². The van der Waals surface area contributed by atoms with Crippen LogP contribution in [0, 0.1) is 0 Å². The molecule has 4 aromatic rings. The standard InChI is InChI=1S/C24H19NO3/c25-21-10-4-5-11-22(21)26-19-14-16-20(17-15-19)28-24-13-7-6-12-23(24)27-18-8-2-1-3-9-18/h1-17H,25H2. The number of hydrogen-bond donors (Lipinski definition) is 1. The fraction of sp³-hybridized carbons (Fsp3) is 0. The predicted octanol–water partition coefficient (Wildman–Crippen LogP) is 6.65. The number of nitrogens with two attached hydrogens (primary N) is 1. The van der Waals surface area contributed by atoms with E-state index >= 15 is 0 Å². The van der Waals surface area contributed by atoms with Crippen LogP contribution in [0.15, 0.2) is 103 Å². The molecule has 4 heteroatoms. The van der Waals surface area contributed by atoms with Crippen LogP contribution in [0.3, 0.4) is 0 Å². The second-order valence-corrected chi connectivity index (χ2v) is 6.08. The van der Waals surface area contributed by atoms with Crippen molar-refractivity contribution in [1.29, 1.82) is 0 Å². The third-order valence-electron chi connectivity index (χ3n) is 4.02. The minimum Gasteiger partial charge on any atom is -0.455 e. The third kappa shape index (κ3) is 4.24. The van der Waals surface area contributed by atoms with Gasteiger partial charge in [-0.1, -0.05) is 42.5 Å². The maximum absolute atomic E-state index is 6.01. The molecule has 0 aliphatic carbocycles. The molecule has 0 aromatic heterocycles. The van der Waals surface area contributed by atoms with Gasteiger partial charge in [0.2, 0.25) is 0 Å². The van der Waals surface area contributed by atoms with E-state index in [9.17, 15) is 0 Å². The highest BCUT2D eigenvalue weighted by atomic mass is 16.5. The first-order chi connectivity index (χ1) is 13.8. The lowest BCUT2D eigenvalue weighted by molar-refractivity contribution is 0.418. The van der Waals surface area contributed by atoms with E-state index in [-0.39, 0.29) is 0 Å². The van der Waals surface area contributed by atoms with Crippen molar-refractivity contribution >= 4 is 5.69 Å². The Bertz CT molecular complexity index is 1050. The highest BCUT2D eigenvalue weighted by Gasteiger charge is 2.08. The van der Waals surface area contributed by atoms with Gasteiger partial charge in [0.15, 0.2) is 11.5 Å². The molecule has 0 saturated heterocycles. The van der Waals surface area contributed by atoms with Crippen LogP contribution >= 0.6 is 0 Å². The van der Waals surface area contributed by atoms with Crippen LogP contribution < -0.4 is 19.9 Å². The van der Waals surface area contributed by atoms with E-state index in [1.54, 1.807) is 6.07 Å². The summed E-state index contributed by atoms with van der Waals surface area (Å²) in [6.45, 7) is 0. The Morgan fingerprint density at radius 2 is 0.786 bits per heavy atom. The smallest absolute Gasteiger partial charge is 0.169 e. The van der Waals surface area contributed by atoms with Crippen molar-refractivity contribution in [3.63, 3.8) is 0 Å². The van der Waals surface area contributed by atoms with E-state index in [4.69, 9.17) is 19.9 Å². The van der Waals surface area contributed by atoms with Crippen LogP contribution in [0.5, 0.6) is 34.5 Å². The molecule has 0 saturated carbocycles. The average molecular weight is 369 g/mol. The minimum absolute atomic E-state index is 0.592. The maximum atomic E-state index is 6.01. The topological polar surface area (TPSA) is 53.7 Å². The van der Waals surface area contributed by atoms with Gasteiger partial charge in [0.25, 0.3) is 0 Å². The van der Waals surface area contributed by atoms with Crippen molar-refractivity contribution < 1.29 is 14.2 Å². The second-order valence-electron chi connectivity index (χ2n) is 6.08. The zero-order valence-electron chi connectivity index (χ0n) is 15.1. The molecule has 0 spiro atoms. The fourth-order valence-corrected chi connectivity index (χ4v) is 2.64. The summed E-state index contributed by atoms with van der Waals surface area (Å²) in [6, 6.07) is 31.9. The minimum atomic E-state index is 0.592. The average Bonchev–Trinajstić information content (AvgIpc) is 2.73. The summed E-state index contributed by atoms with van der Waals surface area (Å²) < 4.78 is 17.8. The van der Waals surface area contributed by atoms with Gasteiger partial charge in [-0.15, -0.1) is 0 Å².